The Hall–Kier alpha value is -11.9. The molecule has 0 unspecified atom stereocenters. The highest BCUT2D eigenvalue weighted by Gasteiger charge is 2.25. The van der Waals surface area contributed by atoms with Gasteiger partial charge in [0.25, 0.3) is 0 Å². The number of carbonyl (C=O) groups is 6. The Labute approximate surface area is 646 Å². The zero-order valence-electron chi connectivity index (χ0n) is 64.8. The number of nitrogens with zero attached hydrogens (tertiary/aromatic N) is 10. The number of rotatable bonds is 23. The summed E-state index contributed by atoms with van der Waals surface area (Å²) in [7, 11) is 20.2. The fourth-order valence-electron chi connectivity index (χ4n) is 11.8. The number of cyclic esters (lactones) is 2. The SMILES string of the molecule is CN(C)c1ccc(-c2ccc(OC3CCN(C(=O)/C=C/C(=O)O)CC3)nc2)cc1.CN(C)c1ccc(-c2ccc(OC3CCNCC3)nc2)cc1.CN(C)c1ccc(CCN)cc1.CN(C)c1ccc(CCNC(=O)/C=C\C(=O)N2CCC(Oc3ccc(-c4ccc(N(C)C)cc4)cn3)CC2)cc1.O=C1C=CC(=O)O1. The van der Waals surface area contributed by atoms with Crippen LogP contribution in [0.5, 0.6) is 17.6 Å². The quantitative estimate of drug-likeness (QED) is 0.0263. The number of likely N-dealkylation sites (tertiary alicyclic amines) is 2. The van der Waals surface area contributed by atoms with Gasteiger partial charge in [-0.3, -0.25) is 14.4 Å². The molecule has 5 N–H and O–H groups in total. The van der Waals surface area contributed by atoms with Crippen molar-refractivity contribution in [1.82, 2.24) is 35.4 Å². The van der Waals surface area contributed by atoms with Crippen LogP contribution in [0.2, 0.25) is 0 Å². The Bertz CT molecular complexity index is 4250. The normalized spacial score (nSPS) is 14.2. The predicted molar refractivity (Wildman–Crippen MR) is 436 cm³/mol. The molecule has 3 fully saturated rings. The van der Waals surface area contributed by atoms with Crippen molar-refractivity contribution >= 4 is 64.1 Å². The summed E-state index contributed by atoms with van der Waals surface area (Å²) in [6.45, 7) is 5.51. The first-order valence-corrected chi connectivity index (χ1v) is 37.0. The molecule has 0 atom stereocenters. The first-order chi connectivity index (χ1) is 52.9. The minimum Gasteiger partial charge on any atom is -0.478 e. The number of nitrogens with one attached hydrogen (secondary N) is 2. The van der Waals surface area contributed by atoms with Crippen LogP contribution in [0.3, 0.4) is 0 Å². The zero-order valence-corrected chi connectivity index (χ0v) is 64.8. The largest absolute Gasteiger partial charge is 0.478 e. The van der Waals surface area contributed by atoms with Gasteiger partial charge < -0.3 is 74.7 Å². The zero-order chi connectivity index (χ0) is 78.9. The fraction of sp³-hybridized carbons (Fsp3) is 0.337. The molecule has 0 bridgehead atoms. The van der Waals surface area contributed by atoms with Crippen molar-refractivity contribution in [1.29, 1.82) is 0 Å². The van der Waals surface area contributed by atoms with Gasteiger partial charge in [0.1, 0.15) is 18.3 Å². The van der Waals surface area contributed by atoms with Crippen LogP contribution in [-0.4, -0.2) is 207 Å². The molecule has 24 heteroatoms. The highest BCUT2D eigenvalue weighted by atomic mass is 16.6. The van der Waals surface area contributed by atoms with Crippen LogP contribution in [0.1, 0.15) is 49.7 Å². The molecular formula is C86H105N13O11. The van der Waals surface area contributed by atoms with Crippen LogP contribution in [0.25, 0.3) is 33.4 Å². The summed E-state index contributed by atoms with van der Waals surface area (Å²) < 4.78 is 21.9. The Kier molecular flexibility index (Phi) is 32.9. The number of amides is 3. The van der Waals surface area contributed by atoms with Crippen LogP contribution >= 0.6 is 0 Å². The Morgan fingerprint density at radius 2 is 0.755 bits per heavy atom. The number of esters is 2. The summed E-state index contributed by atoms with van der Waals surface area (Å²) in [6.07, 6.45) is 19.2. The first kappa shape index (κ1) is 83.7. The van der Waals surface area contributed by atoms with Gasteiger partial charge >= 0.3 is 17.9 Å². The summed E-state index contributed by atoms with van der Waals surface area (Å²) in [6, 6.07) is 53.6. The van der Waals surface area contributed by atoms with E-state index in [1.165, 1.54) is 34.7 Å². The summed E-state index contributed by atoms with van der Waals surface area (Å²) in [5.41, 5.74) is 20.3. The maximum Gasteiger partial charge on any atom is 0.338 e. The molecule has 0 spiro atoms. The molecule has 0 aliphatic carbocycles. The smallest absolute Gasteiger partial charge is 0.338 e. The number of pyridine rings is 3. The third kappa shape index (κ3) is 28.0. The van der Waals surface area contributed by atoms with Crippen molar-refractivity contribution in [3.8, 4) is 51.0 Å². The average molecular weight is 1500 g/mol. The minimum absolute atomic E-state index is 0.000782. The van der Waals surface area contributed by atoms with E-state index in [9.17, 15) is 28.8 Å². The van der Waals surface area contributed by atoms with Crippen molar-refractivity contribution in [2.75, 3.05) is 147 Å². The molecule has 3 amide bonds. The summed E-state index contributed by atoms with van der Waals surface area (Å²) in [4.78, 5) is 94.1. The van der Waals surface area contributed by atoms with Crippen molar-refractivity contribution < 1.29 is 52.8 Å². The molecule has 12 rings (SSSR count). The standard InChI is InChI=1S/C32H39N5O3.C22H25N3O4.C18H23N3O.C10H16N2.C4H2O3/c1-35(2)27-10-5-24(6-11-27)17-20-33-30(38)14-16-32(39)37-21-18-29(19-22-37)40-31-15-9-26(23-34-31)25-7-12-28(13-8-25)36(3)4;1-24(2)18-6-3-16(4-7-18)17-5-8-20(23-15-17)29-19-11-13-25(14-12-19)21(26)9-10-22(27)28;1-21(2)16-6-3-14(4-7-16)15-5-8-18(20-13-15)22-17-9-11-19-12-10-17;1-12(2)10-5-3-9(4-6-10)7-8-11;5-3-1-2-4(6)7-3/h5-16,23,29H,17-22H2,1-4H3,(H,33,38);3-10,15,19H,11-14H2,1-2H3,(H,27,28);3-8,13,17,19H,9-12H2,1-2H3;3-6H,7-8,11H2,1-2H3;1-2H/b16-14-;10-9+;;;. The highest BCUT2D eigenvalue weighted by molar-refractivity contribution is 6.05. The number of hydrogen-bond donors (Lipinski definition) is 4. The van der Waals surface area contributed by atoms with Crippen LogP contribution in [-0.2, 0) is 46.3 Å². The maximum atomic E-state index is 12.6. The summed E-state index contributed by atoms with van der Waals surface area (Å²) in [5, 5.41) is 14.8. The van der Waals surface area contributed by atoms with Crippen molar-refractivity contribution in [2.45, 2.75) is 69.7 Å². The van der Waals surface area contributed by atoms with E-state index in [4.69, 9.17) is 25.1 Å². The Balaban J connectivity index is 0.000000190. The number of nitrogens with two attached hydrogens (primary N) is 1. The van der Waals surface area contributed by atoms with Crippen molar-refractivity contribution in [3.63, 3.8) is 0 Å². The van der Waals surface area contributed by atoms with Gasteiger partial charge in [-0.15, -0.1) is 0 Å². The lowest BCUT2D eigenvalue weighted by atomic mass is 10.1. The molecule has 4 aliphatic rings. The van der Waals surface area contributed by atoms with E-state index in [0.29, 0.717) is 76.3 Å². The van der Waals surface area contributed by atoms with E-state index in [0.717, 1.165) is 126 Å². The Morgan fingerprint density at radius 1 is 0.445 bits per heavy atom. The highest BCUT2D eigenvalue weighted by Crippen LogP contribution is 2.29. The van der Waals surface area contributed by atoms with Gasteiger partial charge in [-0.05, 0) is 152 Å². The van der Waals surface area contributed by atoms with Crippen LogP contribution < -0.4 is 55.1 Å². The van der Waals surface area contributed by atoms with Gasteiger partial charge in [-0.2, -0.15) is 0 Å². The first-order valence-electron chi connectivity index (χ1n) is 37.0. The second-order valence-corrected chi connectivity index (χ2v) is 27.6. The number of hydrogen-bond acceptors (Lipinski definition) is 20. The second kappa shape index (κ2) is 43.2. The van der Waals surface area contributed by atoms with Crippen LogP contribution in [0.15, 0.2) is 213 Å². The number of anilines is 5. The molecule has 4 aliphatic heterocycles. The van der Waals surface area contributed by atoms with E-state index >= 15 is 0 Å². The molecule has 580 valence electrons. The number of carbonyl (C=O) groups excluding carboxylic acids is 5. The van der Waals surface area contributed by atoms with Gasteiger partial charge in [0.15, 0.2) is 0 Å². The second-order valence-electron chi connectivity index (χ2n) is 27.6. The van der Waals surface area contributed by atoms with Crippen molar-refractivity contribution in [3.05, 3.63) is 224 Å². The van der Waals surface area contributed by atoms with E-state index in [2.05, 4.69) is 177 Å². The summed E-state index contributed by atoms with van der Waals surface area (Å²) in [5.74, 6) is -1.11. The number of aromatic nitrogens is 3. The number of aliphatic carboxylic acids is 1. The number of carboxylic acids is 1. The van der Waals surface area contributed by atoms with Crippen LogP contribution in [0.4, 0.5) is 28.4 Å². The molecule has 110 heavy (non-hydrogen) atoms. The molecule has 24 nitrogen and oxygen atoms in total. The van der Waals surface area contributed by atoms with Crippen LogP contribution in [0, 0.1) is 0 Å². The number of benzene rings is 5. The monoisotopic (exact) mass is 1500 g/mol. The van der Waals surface area contributed by atoms with Gasteiger partial charge in [0.05, 0.1) is 0 Å². The van der Waals surface area contributed by atoms with Gasteiger partial charge in [0.2, 0.25) is 35.4 Å². The number of carboxylic acid groups (broad SMARTS) is 1. The third-order valence-electron chi connectivity index (χ3n) is 18.4. The predicted octanol–water partition coefficient (Wildman–Crippen LogP) is 10.8. The fourth-order valence-corrected chi connectivity index (χ4v) is 11.8. The lowest BCUT2D eigenvalue weighted by Crippen LogP contribution is -2.41. The molecule has 5 aromatic carbocycles. The third-order valence-corrected chi connectivity index (χ3v) is 18.4. The van der Waals surface area contributed by atoms with E-state index in [-0.39, 0.29) is 29.9 Å². The average Bonchev–Trinajstić information content (AvgIpc) is 1.03. The molecule has 0 saturated carbocycles. The van der Waals surface area contributed by atoms with Crippen molar-refractivity contribution in [2.24, 2.45) is 5.73 Å². The topological polar surface area (TPSA) is 271 Å². The number of ether oxygens (including phenoxy) is 4. The molecule has 8 aromatic rings. The van der Waals surface area contributed by atoms with E-state index < -0.39 is 17.9 Å². The minimum atomic E-state index is -1.13. The lowest BCUT2D eigenvalue weighted by molar-refractivity contribution is -0.150. The molecule has 3 aromatic heterocycles. The molecule has 3 saturated heterocycles. The van der Waals surface area contributed by atoms with Gasteiger partial charge in [-0.25, -0.2) is 29.3 Å². The maximum absolute atomic E-state index is 12.6. The van der Waals surface area contributed by atoms with E-state index in [1.54, 1.807) is 16.0 Å². The Morgan fingerprint density at radius 3 is 1.05 bits per heavy atom. The molecule has 7 heterocycles. The molecule has 0 radical (unpaired) electrons. The van der Waals surface area contributed by atoms with Gasteiger partial charge in [-0.1, -0.05) is 60.7 Å². The van der Waals surface area contributed by atoms with E-state index in [1.807, 2.05) is 118 Å². The lowest BCUT2D eigenvalue weighted by Gasteiger charge is -2.31. The van der Waals surface area contributed by atoms with Gasteiger partial charge in [0, 0.05) is 247 Å². The molecular weight excluding hydrogens is 1390 g/mol. The number of piperidine rings is 3. The summed E-state index contributed by atoms with van der Waals surface area (Å²) >= 11 is 0.